The second-order valence-electron chi connectivity index (χ2n) is 10.1. The molecule has 2 fully saturated rings. The van der Waals surface area contributed by atoms with Crippen molar-refractivity contribution < 1.29 is 38.4 Å². The van der Waals surface area contributed by atoms with Crippen molar-refractivity contribution in [2.75, 3.05) is 0 Å². The molecule has 2 heterocycles. The van der Waals surface area contributed by atoms with Crippen molar-refractivity contribution in [1.29, 1.82) is 0 Å². The molecule has 4 rings (SSSR count). The zero-order valence-corrected chi connectivity index (χ0v) is 19.5. The predicted octanol–water partition coefficient (Wildman–Crippen LogP) is 2.93. The SMILES string of the molecule is CC(=O)O/C1=C/[C@]2(O)OC(=O)C(C)=C2C[C@H]2[C@]3(C)O[C@@H]3C[C@H](OC(C)=O)[C@]2(C)[C@H](C)CC1. The number of carbonyl (C=O) groups excluding carboxylic acids is 3. The third-order valence-corrected chi connectivity index (χ3v) is 8.22. The molecule has 7 atom stereocenters. The summed E-state index contributed by atoms with van der Waals surface area (Å²) in [4.78, 5) is 36.1. The van der Waals surface area contributed by atoms with Crippen LogP contribution in [-0.4, -0.2) is 46.6 Å². The van der Waals surface area contributed by atoms with Crippen LogP contribution in [-0.2, 0) is 33.3 Å². The van der Waals surface area contributed by atoms with E-state index in [2.05, 4.69) is 20.8 Å². The Morgan fingerprint density at radius 1 is 1.22 bits per heavy atom. The van der Waals surface area contributed by atoms with E-state index < -0.39 is 28.7 Å². The molecule has 0 aromatic rings. The zero-order chi connectivity index (χ0) is 23.6. The van der Waals surface area contributed by atoms with Crippen molar-refractivity contribution in [2.45, 2.75) is 90.8 Å². The van der Waals surface area contributed by atoms with Crippen LogP contribution in [0.2, 0.25) is 0 Å². The molecule has 0 bridgehead atoms. The van der Waals surface area contributed by atoms with Crippen LogP contribution in [0, 0.1) is 17.3 Å². The van der Waals surface area contributed by atoms with E-state index in [1.165, 1.54) is 19.9 Å². The number of aliphatic hydroxyl groups is 1. The first-order valence-electron chi connectivity index (χ1n) is 11.2. The van der Waals surface area contributed by atoms with Gasteiger partial charge in [0, 0.05) is 55.2 Å². The summed E-state index contributed by atoms with van der Waals surface area (Å²) in [6.45, 7) is 10.6. The van der Waals surface area contributed by atoms with Crippen molar-refractivity contribution >= 4 is 17.9 Å². The Kier molecular flexibility index (Phi) is 5.33. The van der Waals surface area contributed by atoms with Crippen molar-refractivity contribution in [3.05, 3.63) is 23.0 Å². The number of esters is 3. The summed E-state index contributed by atoms with van der Waals surface area (Å²) < 4.78 is 22.7. The summed E-state index contributed by atoms with van der Waals surface area (Å²) in [5.74, 6) is -3.30. The zero-order valence-electron chi connectivity index (χ0n) is 19.5. The van der Waals surface area contributed by atoms with Gasteiger partial charge in [0.25, 0.3) is 5.79 Å². The second-order valence-corrected chi connectivity index (χ2v) is 10.1. The largest absolute Gasteiger partial charge is 0.462 e. The van der Waals surface area contributed by atoms with E-state index in [0.29, 0.717) is 36.8 Å². The maximum Gasteiger partial charge on any atom is 0.336 e. The first kappa shape index (κ1) is 23.0. The normalized spacial score (nSPS) is 44.8. The Bertz CT molecular complexity index is 934. The first-order valence-corrected chi connectivity index (χ1v) is 11.2. The van der Waals surface area contributed by atoms with Crippen LogP contribution in [0.1, 0.15) is 67.2 Å². The number of carbonyl (C=O) groups is 3. The van der Waals surface area contributed by atoms with E-state index in [9.17, 15) is 19.5 Å². The topological polar surface area (TPSA) is 112 Å². The van der Waals surface area contributed by atoms with Crippen LogP contribution < -0.4 is 0 Å². The van der Waals surface area contributed by atoms with Crippen LogP contribution in [0.5, 0.6) is 0 Å². The van der Waals surface area contributed by atoms with E-state index in [1.54, 1.807) is 6.92 Å². The molecule has 32 heavy (non-hydrogen) atoms. The average Bonchev–Trinajstić information content (AvgIpc) is 3.27. The molecule has 0 unspecified atom stereocenters. The standard InChI is InChI=1S/C24H32O8/c1-12-7-8-16(29-14(3)25)11-24(28)17(13(2)21(27)32-24)9-18-22(12,5)19(30-15(4)26)10-20-23(18,6)31-20/h11-12,18-20,28H,7-10H2,1-6H3/b16-11+/t12-,18-,19+,20-,22-,23+,24+/m1/s1. The minimum Gasteiger partial charge on any atom is -0.462 e. The van der Waals surface area contributed by atoms with Crippen LogP contribution in [0.25, 0.3) is 0 Å². The van der Waals surface area contributed by atoms with Crippen LogP contribution in [0.15, 0.2) is 23.0 Å². The van der Waals surface area contributed by atoms with Crippen LogP contribution in [0.3, 0.4) is 0 Å². The monoisotopic (exact) mass is 448 g/mol. The number of hydrogen-bond acceptors (Lipinski definition) is 8. The molecule has 1 saturated carbocycles. The molecule has 4 aliphatic rings. The lowest BCUT2D eigenvalue weighted by molar-refractivity contribution is -0.174. The summed E-state index contributed by atoms with van der Waals surface area (Å²) in [5, 5.41) is 11.4. The highest BCUT2D eigenvalue weighted by atomic mass is 16.7. The molecular formula is C24H32O8. The van der Waals surface area contributed by atoms with E-state index in [4.69, 9.17) is 18.9 Å². The minimum absolute atomic E-state index is 0.0563. The fourth-order valence-corrected chi connectivity index (χ4v) is 6.13. The lowest BCUT2D eigenvalue weighted by atomic mass is 9.53. The third-order valence-electron chi connectivity index (χ3n) is 8.22. The first-order chi connectivity index (χ1) is 14.8. The van der Waals surface area contributed by atoms with E-state index in [-0.39, 0.29) is 35.8 Å². The van der Waals surface area contributed by atoms with Gasteiger partial charge < -0.3 is 24.1 Å². The second kappa shape index (κ2) is 7.42. The molecule has 1 saturated heterocycles. The van der Waals surface area contributed by atoms with Crippen molar-refractivity contribution in [3.8, 4) is 0 Å². The van der Waals surface area contributed by atoms with Gasteiger partial charge in [0.15, 0.2) is 0 Å². The Balaban J connectivity index is 1.85. The molecule has 2 aliphatic carbocycles. The number of rotatable bonds is 2. The van der Waals surface area contributed by atoms with Gasteiger partial charge in [-0.1, -0.05) is 13.8 Å². The molecule has 0 amide bonds. The van der Waals surface area contributed by atoms with Gasteiger partial charge in [0.05, 0.1) is 11.7 Å². The van der Waals surface area contributed by atoms with Gasteiger partial charge in [-0.2, -0.15) is 0 Å². The molecule has 0 aromatic carbocycles. The molecule has 2 aliphatic heterocycles. The predicted molar refractivity (Wildman–Crippen MR) is 112 cm³/mol. The van der Waals surface area contributed by atoms with Gasteiger partial charge >= 0.3 is 17.9 Å². The van der Waals surface area contributed by atoms with Crippen molar-refractivity contribution in [1.82, 2.24) is 0 Å². The number of ether oxygens (including phenoxy) is 4. The number of hydrogen-bond donors (Lipinski definition) is 1. The van der Waals surface area contributed by atoms with Crippen LogP contribution in [0.4, 0.5) is 0 Å². The smallest absolute Gasteiger partial charge is 0.336 e. The highest BCUT2D eigenvalue weighted by Crippen LogP contribution is 2.64. The maximum atomic E-state index is 12.5. The summed E-state index contributed by atoms with van der Waals surface area (Å²) in [6.07, 6.45) is 2.79. The lowest BCUT2D eigenvalue weighted by Crippen LogP contribution is -2.56. The van der Waals surface area contributed by atoms with Gasteiger partial charge in [-0.3, -0.25) is 9.59 Å². The van der Waals surface area contributed by atoms with Gasteiger partial charge in [0.1, 0.15) is 11.9 Å². The van der Waals surface area contributed by atoms with Crippen molar-refractivity contribution in [3.63, 3.8) is 0 Å². The molecule has 0 radical (unpaired) electrons. The Morgan fingerprint density at radius 2 is 1.91 bits per heavy atom. The Labute approximate surface area is 187 Å². The van der Waals surface area contributed by atoms with Gasteiger partial charge in [-0.15, -0.1) is 0 Å². The van der Waals surface area contributed by atoms with E-state index in [0.717, 1.165) is 0 Å². The fraction of sp³-hybridized carbons (Fsp3) is 0.708. The summed E-state index contributed by atoms with van der Waals surface area (Å²) in [5.41, 5.74) is -0.208. The fourth-order valence-electron chi connectivity index (χ4n) is 6.13. The summed E-state index contributed by atoms with van der Waals surface area (Å²) in [7, 11) is 0. The average molecular weight is 449 g/mol. The molecule has 1 N–H and O–H groups in total. The van der Waals surface area contributed by atoms with E-state index >= 15 is 0 Å². The molecule has 0 aromatic heterocycles. The van der Waals surface area contributed by atoms with Crippen molar-refractivity contribution in [2.24, 2.45) is 17.3 Å². The molecule has 8 nitrogen and oxygen atoms in total. The van der Waals surface area contributed by atoms with Crippen LogP contribution >= 0.6 is 0 Å². The summed E-state index contributed by atoms with van der Waals surface area (Å²) >= 11 is 0. The highest BCUT2D eigenvalue weighted by molar-refractivity contribution is 5.92. The lowest BCUT2D eigenvalue weighted by Gasteiger charge is -2.52. The van der Waals surface area contributed by atoms with Gasteiger partial charge in [-0.25, -0.2) is 4.79 Å². The third kappa shape index (κ3) is 3.48. The number of epoxide rings is 1. The van der Waals surface area contributed by atoms with E-state index in [1.807, 2.05) is 0 Å². The Hall–Kier alpha value is -2.19. The molecule has 0 spiro atoms. The maximum absolute atomic E-state index is 12.5. The molecular weight excluding hydrogens is 416 g/mol. The molecule has 8 heteroatoms. The van der Waals surface area contributed by atoms with Gasteiger partial charge in [-0.05, 0) is 32.6 Å². The number of fused-ring (bicyclic) bond motifs is 4. The Morgan fingerprint density at radius 3 is 2.53 bits per heavy atom. The minimum atomic E-state index is -2.00. The summed E-state index contributed by atoms with van der Waals surface area (Å²) in [6, 6.07) is 0. The highest BCUT2D eigenvalue weighted by Gasteiger charge is 2.70. The molecule has 176 valence electrons. The quantitative estimate of drug-likeness (QED) is 0.390. The van der Waals surface area contributed by atoms with Gasteiger partial charge in [0.2, 0.25) is 0 Å². The number of allylic oxidation sites excluding steroid dienone is 1.